The number of hydrogen-bond donors (Lipinski definition) is 1. The zero-order valence-corrected chi connectivity index (χ0v) is 9.82. The van der Waals surface area contributed by atoms with Crippen LogP contribution >= 0.6 is 0 Å². The van der Waals surface area contributed by atoms with Crippen molar-refractivity contribution in [3.63, 3.8) is 0 Å². The number of nitrogens with zero attached hydrogens (tertiary/aromatic N) is 1. The smallest absolute Gasteiger partial charge is 0.329 e. The average molecular weight is 215 g/mol. The van der Waals surface area contributed by atoms with Crippen LogP contribution in [-0.4, -0.2) is 47.3 Å². The van der Waals surface area contributed by atoms with Crippen LogP contribution in [0.4, 0.5) is 0 Å². The van der Waals surface area contributed by atoms with Crippen molar-refractivity contribution < 1.29 is 14.6 Å². The summed E-state index contributed by atoms with van der Waals surface area (Å²) < 4.78 is 5.28. The van der Waals surface area contributed by atoms with Crippen molar-refractivity contribution in [2.24, 2.45) is 0 Å². The minimum atomic E-state index is -0.881. The van der Waals surface area contributed by atoms with Gasteiger partial charge in [-0.1, -0.05) is 0 Å². The molecule has 4 nitrogen and oxygen atoms in total. The van der Waals surface area contributed by atoms with Gasteiger partial charge in [0.15, 0.2) is 0 Å². The highest BCUT2D eigenvalue weighted by Crippen LogP contribution is 2.21. The molecule has 1 fully saturated rings. The van der Waals surface area contributed by atoms with E-state index in [0.29, 0.717) is 0 Å². The first-order valence-corrected chi connectivity index (χ1v) is 5.48. The number of carbonyl (C=O) groups is 1. The minimum Gasteiger partial charge on any atom is -0.480 e. The highest BCUT2D eigenvalue weighted by Gasteiger charge is 2.27. The SMILES string of the molecule is CC(C)(C)N1CCC(OCC(=O)O)CC1. The zero-order chi connectivity index (χ0) is 11.5. The van der Waals surface area contributed by atoms with Gasteiger partial charge in [0, 0.05) is 18.6 Å². The molecule has 0 aliphatic carbocycles. The first-order valence-electron chi connectivity index (χ1n) is 5.48. The number of rotatable bonds is 3. The maximum Gasteiger partial charge on any atom is 0.329 e. The van der Waals surface area contributed by atoms with E-state index < -0.39 is 5.97 Å². The lowest BCUT2D eigenvalue weighted by atomic mass is 9.99. The number of carboxylic acids is 1. The first kappa shape index (κ1) is 12.5. The van der Waals surface area contributed by atoms with Gasteiger partial charge >= 0.3 is 5.97 Å². The first-order chi connectivity index (χ1) is 6.89. The van der Waals surface area contributed by atoms with Crippen molar-refractivity contribution in [3.05, 3.63) is 0 Å². The van der Waals surface area contributed by atoms with Crippen LogP contribution in [0.3, 0.4) is 0 Å². The van der Waals surface area contributed by atoms with Crippen molar-refractivity contribution in [3.8, 4) is 0 Å². The van der Waals surface area contributed by atoms with E-state index in [1.807, 2.05) is 0 Å². The molecule has 15 heavy (non-hydrogen) atoms. The topological polar surface area (TPSA) is 49.8 Å². The van der Waals surface area contributed by atoms with E-state index in [1.165, 1.54) is 0 Å². The van der Waals surface area contributed by atoms with Gasteiger partial charge < -0.3 is 9.84 Å². The lowest BCUT2D eigenvalue weighted by Crippen LogP contribution is -2.47. The largest absolute Gasteiger partial charge is 0.480 e. The second-order valence-electron chi connectivity index (χ2n) is 5.06. The molecule has 0 radical (unpaired) electrons. The molecule has 0 unspecified atom stereocenters. The predicted molar refractivity (Wildman–Crippen MR) is 57.9 cm³/mol. The number of hydrogen-bond acceptors (Lipinski definition) is 3. The average Bonchev–Trinajstić information content (AvgIpc) is 2.14. The van der Waals surface area contributed by atoms with Gasteiger partial charge in [-0.3, -0.25) is 4.90 Å². The van der Waals surface area contributed by atoms with E-state index in [-0.39, 0.29) is 18.2 Å². The molecule has 0 aromatic heterocycles. The molecule has 1 aliphatic rings. The molecule has 1 saturated heterocycles. The van der Waals surface area contributed by atoms with Crippen molar-refractivity contribution in [1.29, 1.82) is 0 Å². The second-order valence-corrected chi connectivity index (χ2v) is 5.06. The fourth-order valence-electron chi connectivity index (χ4n) is 1.88. The van der Waals surface area contributed by atoms with E-state index in [9.17, 15) is 4.79 Å². The van der Waals surface area contributed by atoms with Crippen LogP contribution in [-0.2, 0) is 9.53 Å². The maximum atomic E-state index is 10.3. The number of likely N-dealkylation sites (tertiary alicyclic amines) is 1. The molecule has 1 heterocycles. The lowest BCUT2D eigenvalue weighted by Gasteiger charge is -2.40. The minimum absolute atomic E-state index is 0.125. The molecule has 1 aliphatic heterocycles. The summed E-state index contributed by atoms with van der Waals surface area (Å²) in [6.07, 6.45) is 1.99. The summed E-state index contributed by atoms with van der Waals surface area (Å²) in [5.74, 6) is -0.881. The fourth-order valence-corrected chi connectivity index (χ4v) is 1.88. The third-order valence-electron chi connectivity index (χ3n) is 2.83. The van der Waals surface area contributed by atoms with Crippen LogP contribution in [0.25, 0.3) is 0 Å². The van der Waals surface area contributed by atoms with Crippen molar-refractivity contribution in [2.45, 2.75) is 45.3 Å². The molecule has 0 spiro atoms. The Kier molecular flexibility index (Phi) is 4.11. The lowest BCUT2D eigenvalue weighted by molar-refractivity contribution is -0.145. The van der Waals surface area contributed by atoms with E-state index in [4.69, 9.17) is 9.84 Å². The van der Waals surface area contributed by atoms with E-state index >= 15 is 0 Å². The summed E-state index contributed by atoms with van der Waals surface area (Å²) in [5.41, 5.74) is 0.206. The number of piperidine rings is 1. The zero-order valence-electron chi connectivity index (χ0n) is 9.82. The van der Waals surface area contributed by atoms with Crippen LogP contribution in [0.15, 0.2) is 0 Å². The predicted octanol–water partition coefficient (Wildman–Crippen LogP) is 1.35. The molecule has 88 valence electrons. The standard InChI is InChI=1S/C11H21NO3/c1-11(2,3)12-6-4-9(5-7-12)15-8-10(13)14/h9H,4-8H2,1-3H3,(H,13,14). The molecule has 0 atom stereocenters. The molecular formula is C11H21NO3. The van der Waals surface area contributed by atoms with Crippen LogP contribution < -0.4 is 0 Å². The summed E-state index contributed by atoms with van der Waals surface area (Å²) in [5, 5.41) is 8.49. The maximum absolute atomic E-state index is 10.3. The third kappa shape index (κ3) is 4.18. The molecule has 0 aromatic carbocycles. The van der Waals surface area contributed by atoms with Crippen LogP contribution in [0, 0.1) is 0 Å². The van der Waals surface area contributed by atoms with Gasteiger partial charge in [0.05, 0.1) is 6.10 Å². The Bertz CT molecular complexity index is 214. The van der Waals surface area contributed by atoms with Gasteiger partial charge in [-0.25, -0.2) is 4.79 Å². The summed E-state index contributed by atoms with van der Waals surface area (Å²) in [6, 6.07) is 0. The normalized spacial score (nSPS) is 20.5. The Balaban J connectivity index is 2.27. The summed E-state index contributed by atoms with van der Waals surface area (Å²) >= 11 is 0. The Hall–Kier alpha value is -0.610. The van der Waals surface area contributed by atoms with Gasteiger partial charge in [-0.15, -0.1) is 0 Å². The fraction of sp³-hybridized carbons (Fsp3) is 0.909. The van der Waals surface area contributed by atoms with Crippen LogP contribution in [0.5, 0.6) is 0 Å². The molecular weight excluding hydrogens is 194 g/mol. The van der Waals surface area contributed by atoms with E-state index in [0.717, 1.165) is 25.9 Å². The van der Waals surface area contributed by atoms with Gasteiger partial charge in [-0.05, 0) is 33.6 Å². The quantitative estimate of drug-likeness (QED) is 0.772. The van der Waals surface area contributed by atoms with Gasteiger partial charge in [0.1, 0.15) is 6.61 Å². The number of ether oxygens (including phenoxy) is 1. The van der Waals surface area contributed by atoms with Crippen molar-refractivity contribution in [2.75, 3.05) is 19.7 Å². The van der Waals surface area contributed by atoms with E-state index in [2.05, 4.69) is 25.7 Å². The van der Waals surface area contributed by atoms with Crippen molar-refractivity contribution >= 4 is 5.97 Å². The molecule has 0 bridgehead atoms. The molecule has 4 heteroatoms. The van der Waals surface area contributed by atoms with Gasteiger partial charge in [0.2, 0.25) is 0 Å². The monoisotopic (exact) mass is 215 g/mol. The van der Waals surface area contributed by atoms with Gasteiger partial charge in [-0.2, -0.15) is 0 Å². The molecule has 0 saturated carbocycles. The van der Waals surface area contributed by atoms with E-state index in [1.54, 1.807) is 0 Å². The molecule has 0 aromatic rings. The molecule has 1 N–H and O–H groups in total. The summed E-state index contributed by atoms with van der Waals surface area (Å²) in [7, 11) is 0. The Morgan fingerprint density at radius 1 is 1.40 bits per heavy atom. The van der Waals surface area contributed by atoms with Crippen molar-refractivity contribution in [1.82, 2.24) is 4.90 Å². The third-order valence-corrected chi connectivity index (χ3v) is 2.83. The highest BCUT2D eigenvalue weighted by atomic mass is 16.5. The molecule has 0 amide bonds. The number of aliphatic carboxylic acids is 1. The summed E-state index contributed by atoms with van der Waals surface area (Å²) in [6.45, 7) is 8.42. The number of carboxylic acid groups (broad SMARTS) is 1. The summed E-state index contributed by atoms with van der Waals surface area (Å²) in [4.78, 5) is 12.7. The Labute approximate surface area is 91.2 Å². The highest BCUT2D eigenvalue weighted by molar-refractivity contribution is 5.68. The van der Waals surface area contributed by atoms with Crippen LogP contribution in [0.1, 0.15) is 33.6 Å². The Morgan fingerprint density at radius 3 is 2.33 bits per heavy atom. The second kappa shape index (κ2) is 4.94. The van der Waals surface area contributed by atoms with Gasteiger partial charge in [0.25, 0.3) is 0 Å². The van der Waals surface area contributed by atoms with Crippen LogP contribution in [0.2, 0.25) is 0 Å². The Morgan fingerprint density at radius 2 is 1.93 bits per heavy atom. The molecule has 1 rings (SSSR count).